The molecule has 0 unspecified atom stereocenters. The number of aromatic hydroxyl groups is 1. The van der Waals surface area contributed by atoms with Gasteiger partial charge in [-0.15, -0.1) is 0 Å². The van der Waals surface area contributed by atoms with Crippen LogP contribution in [0.3, 0.4) is 0 Å². The third kappa shape index (κ3) is 3.39. The maximum absolute atomic E-state index is 10.1. The number of carboxylic acids is 1. The zero-order valence-electron chi connectivity index (χ0n) is 6.77. The smallest absolute Gasteiger partial charge is 0.328 e. The summed E-state index contributed by atoms with van der Waals surface area (Å²) in [5.74, 6) is -0.951. The SMILES string of the molecule is O.O=C(O)C=Cc1ccccc1O. The number of phenols is 1. The lowest BCUT2D eigenvalue weighted by molar-refractivity contribution is -0.131. The summed E-state index contributed by atoms with van der Waals surface area (Å²) >= 11 is 0. The number of para-hydroxylation sites is 1. The Kier molecular flexibility index (Phi) is 4.26. The molecule has 70 valence electrons. The lowest BCUT2D eigenvalue weighted by Gasteiger charge is -1.95. The Morgan fingerprint density at radius 3 is 2.46 bits per heavy atom. The molecule has 0 spiro atoms. The molecule has 4 nitrogen and oxygen atoms in total. The zero-order chi connectivity index (χ0) is 8.97. The minimum atomic E-state index is -1.03. The molecule has 4 heteroatoms. The molecule has 0 saturated heterocycles. The molecule has 0 aliphatic carbocycles. The van der Waals surface area contributed by atoms with Crippen molar-refractivity contribution in [2.24, 2.45) is 0 Å². The standard InChI is InChI=1S/C9H8O3.H2O/c10-8-4-2-1-3-7(8)5-6-9(11)12;/h1-6,10H,(H,11,12);1H2. The monoisotopic (exact) mass is 182 g/mol. The Labute approximate surface area is 75.1 Å². The van der Waals surface area contributed by atoms with Crippen LogP contribution in [0.5, 0.6) is 5.75 Å². The van der Waals surface area contributed by atoms with E-state index >= 15 is 0 Å². The molecule has 1 rings (SSSR count). The number of hydrogen-bond donors (Lipinski definition) is 2. The van der Waals surface area contributed by atoms with Crippen molar-refractivity contribution in [1.82, 2.24) is 0 Å². The fraction of sp³-hybridized carbons (Fsp3) is 0. The van der Waals surface area contributed by atoms with Crippen LogP contribution in [0.15, 0.2) is 30.3 Å². The first-order valence-electron chi connectivity index (χ1n) is 3.39. The Balaban J connectivity index is 0.00000144. The van der Waals surface area contributed by atoms with E-state index in [9.17, 15) is 9.90 Å². The Morgan fingerprint density at radius 1 is 1.31 bits per heavy atom. The second-order valence-electron chi connectivity index (χ2n) is 2.23. The van der Waals surface area contributed by atoms with Gasteiger partial charge in [0.05, 0.1) is 0 Å². The Hall–Kier alpha value is -1.81. The van der Waals surface area contributed by atoms with E-state index in [1.165, 1.54) is 12.1 Å². The Bertz CT molecular complexity index is 317. The maximum Gasteiger partial charge on any atom is 0.328 e. The van der Waals surface area contributed by atoms with Crippen LogP contribution in [-0.4, -0.2) is 21.7 Å². The molecule has 4 N–H and O–H groups in total. The number of phenolic OH excluding ortho intramolecular Hbond substituents is 1. The molecule has 0 aromatic heterocycles. The van der Waals surface area contributed by atoms with Gasteiger partial charge in [0.2, 0.25) is 0 Å². The van der Waals surface area contributed by atoms with Gasteiger partial charge < -0.3 is 15.7 Å². The average Bonchev–Trinajstić information content (AvgIpc) is 2.03. The number of hydrogen-bond acceptors (Lipinski definition) is 2. The van der Waals surface area contributed by atoms with Gasteiger partial charge in [0.1, 0.15) is 5.75 Å². The van der Waals surface area contributed by atoms with Crippen LogP contribution in [0.2, 0.25) is 0 Å². The van der Waals surface area contributed by atoms with Gasteiger partial charge in [-0.05, 0) is 12.1 Å². The van der Waals surface area contributed by atoms with Crippen molar-refractivity contribution in [2.45, 2.75) is 0 Å². The summed E-state index contributed by atoms with van der Waals surface area (Å²) in [6, 6.07) is 6.53. The number of carboxylic acid groups (broad SMARTS) is 1. The van der Waals surface area contributed by atoms with Crippen molar-refractivity contribution in [3.8, 4) is 5.75 Å². The van der Waals surface area contributed by atoms with Crippen LogP contribution in [0.1, 0.15) is 5.56 Å². The van der Waals surface area contributed by atoms with Crippen molar-refractivity contribution in [3.63, 3.8) is 0 Å². The molecule has 1 aromatic carbocycles. The highest BCUT2D eigenvalue weighted by Crippen LogP contribution is 2.16. The number of benzene rings is 1. The largest absolute Gasteiger partial charge is 0.507 e. The molecule has 0 fully saturated rings. The molecule has 0 aliphatic heterocycles. The van der Waals surface area contributed by atoms with E-state index in [1.54, 1.807) is 18.2 Å². The van der Waals surface area contributed by atoms with Gasteiger partial charge in [-0.3, -0.25) is 0 Å². The third-order valence-corrected chi connectivity index (χ3v) is 1.34. The highest BCUT2D eigenvalue weighted by atomic mass is 16.4. The first-order chi connectivity index (χ1) is 5.70. The third-order valence-electron chi connectivity index (χ3n) is 1.34. The summed E-state index contributed by atoms with van der Waals surface area (Å²) < 4.78 is 0. The molecule has 0 bridgehead atoms. The first kappa shape index (κ1) is 11.2. The molecule has 13 heavy (non-hydrogen) atoms. The normalized spacial score (nSPS) is 9.54. The van der Waals surface area contributed by atoms with Crippen LogP contribution in [0, 0.1) is 0 Å². The number of rotatable bonds is 2. The van der Waals surface area contributed by atoms with Gasteiger partial charge in [-0.2, -0.15) is 0 Å². The highest BCUT2D eigenvalue weighted by molar-refractivity contribution is 5.85. The fourth-order valence-corrected chi connectivity index (χ4v) is 0.790. The maximum atomic E-state index is 10.1. The lowest BCUT2D eigenvalue weighted by Crippen LogP contribution is -1.85. The first-order valence-corrected chi connectivity index (χ1v) is 3.39. The second kappa shape index (κ2) is 4.95. The van der Waals surface area contributed by atoms with Crippen LogP contribution in [0.25, 0.3) is 6.08 Å². The Morgan fingerprint density at radius 2 is 1.92 bits per heavy atom. The average molecular weight is 182 g/mol. The van der Waals surface area contributed by atoms with E-state index in [2.05, 4.69) is 0 Å². The quantitative estimate of drug-likeness (QED) is 0.658. The van der Waals surface area contributed by atoms with Gasteiger partial charge in [-0.25, -0.2) is 4.79 Å². The lowest BCUT2D eigenvalue weighted by atomic mass is 10.2. The van der Waals surface area contributed by atoms with E-state index in [0.717, 1.165) is 6.08 Å². The number of carbonyl (C=O) groups is 1. The van der Waals surface area contributed by atoms with Gasteiger partial charge in [0.25, 0.3) is 0 Å². The summed E-state index contributed by atoms with van der Waals surface area (Å²) in [7, 11) is 0. The van der Waals surface area contributed by atoms with E-state index in [1.807, 2.05) is 0 Å². The van der Waals surface area contributed by atoms with Crippen molar-refractivity contribution in [1.29, 1.82) is 0 Å². The van der Waals surface area contributed by atoms with Crippen molar-refractivity contribution < 1.29 is 20.5 Å². The summed E-state index contributed by atoms with van der Waals surface area (Å²) in [4.78, 5) is 10.1. The fourth-order valence-electron chi connectivity index (χ4n) is 0.790. The van der Waals surface area contributed by atoms with Crippen molar-refractivity contribution in [3.05, 3.63) is 35.9 Å². The molecule has 0 saturated carbocycles. The van der Waals surface area contributed by atoms with Crippen molar-refractivity contribution >= 4 is 12.0 Å². The minimum Gasteiger partial charge on any atom is -0.507 e. The van der Waals surface area contributed by atoms with Gasteiger partial charge in [0, 0.05) is 11.6 Å². The van der Waals surface area contributed by atoms with Gasteiger partial charge in [-0.1, -0.05) is 18.2 Å². The van der Waals surface area contributed by atoms with E-state index in [-0.39, 0.29) is 11.2 Å². The zero-order valence-corrected chi connectivity index (χ0v) is 6.77. The number of aliphatic carboxylic acids is 1. The molecule has 0 atom stereocenters. The van der Waals surface area contributed by atoms with Crippen LogP contribution in [-0.2, 0) is 4.79 Å². The van der Waals surface area contributed by atoms with E-state index < -0.39 is 5.97 Å². The van der Waals surface area contributed by atoms with E-state index in [4.69, 9.17) is 5.11 Å². The van der Waals surface area contributed by atoms with Crippen LogP contribution in [0.4, 0.5) is 0 Å². The molecule has 1 aromatic rings. The van der Waals surface area contributed by atoms with Crippen LogP contribution < -0.4 is 0 Å². The van der Waals surface area contributed by atoms with Crippen molar-refractivity contribution in [2.75, 3.05) is 0 Å². The van der Waals surface area contributed by atoms with E-state index in [0.29, 0.717) is 5.56 Å². The molecule has 0 radical (unpaired) electrons. The molecule has 0 heterocycles. The van der Waals surface area contributed by atoms with Gasteiger partial charge in [0.15, 0.2) is 0 Å². The predicted molar refractivity (Wildman–Crippen MR) is 48.4 cm³/mol. The summed E-state index contributed by atoms with van der Waals surface area (Å²) in [6.07, 6.45) is 2.33. The molecule has 0 aliphatic rings. The summed E-state index contributed by atoms with van der Waals surface area (Å²) in [6.45, 7) is 0. The van der Waals surface area contributed by atoms with Gasteiger partial charge >= 0.3 is 5.97 Å². The minimum absolute atomic E-state index is 0. The molecular weight excluding hydrogens is 172 g/mol. The predicted octanol–water partition coefficient (Wildman–Crippen LogP) is 0.665. The summed E-state index contributed by atoms with van der Waals surface area (Å²) in [5, 5.41) is 17.5. The highest BCUT2D eigenvalue weighted by Gasteiger charge is 1.94. The summed E-state index contributed by atoms with van der Waals surface area (Å²) in [5.41, 5.74) is 0.500. The molecular formula is C9H10O4. The topological polar surface area (TPSA) is 89.0 Å². The molecule has 0 amide bonds. The second-order valence-corrected chi connectivity index (χ2v) is 2.23. The van der Waals surface area contributed by atoms with Crippen LogP contribution >= 0.6 is 0 Å².